The first-order valence-electron chi connectivity index (χ1n) is 9.93. The van der Waals surface area contributed by atoms with Gasteiger partial charge in [-0.2, -0.15) is 0 Å². The molecule has 2 heterocycles. The predicted molar refractivity (Wildman–Crippen MR) is 108 cm³/mol. The minimum absolute atomic E-state index is 0.0296. The fraction of sp³-hybridized carbons (Fsp3) is 0.895. The Labute approximate surface area is 165 Å². The molecule has 8 heteroatoms. The standard InChI is InChI=1S/C19H37N3O4Si/c1-17(2,3)13-9-19(26-27(7)8,14-10-21-15(23)11-20-14)22(12-13)16(24)25-18(4,5)6/h13-14,20,27H,9-12H2,1-8H3,(H,21,23)/t13-,14?,19-/m0/s1. The molecule has 2 amide bonds. The Morgan fingerprint density at radius 1 is 1.22 bits per heavy atom. The Morgan fingerprint density at radius 3 is 2.30 bits per heavy atom. The van der Waals surface area contributed by atoms with Crippen LogP contribution in [-0.4, -0.2) is 62.9 Å². The molecule has 0 spiro atoms. The van der Waals surface area contributed by atoms with Crippen LogP contribution in [0.1, 0.15) is 48.0 Å². The number of carbonyl (C=O) groups excluding carboxylic acids is 2. The van der Waals surface area contributed by atoms with Crippen molar-refractivity contribution in [2.24, 2.45) is 11.3 Å². The lowest BCUT2D eigenvalue weighted by molar-refractivity contribution is -0.126. The van der Waals surface area contributed by atoms with E-state index in [1.807, 2.05) is 20.8 Å². The molecule has 2 saturated heterocycles. The van der Waals surface area contributed by atoms with Crippen molar-refractivity contribution in [2.75, 3.05) is 19.6 Å². The molecule has 7 nitrogen and oxygen atoms in total. The molecule has 1 unspecified atom stereocenters. The Morgan fingerprint density at radius 2 is 1.85 bits per heavy atom. The average molecular weight is 400 g/mol. The summed E-state index contributed by atoms with van der Waals surface area (Å²) in [4.78, 5) is 26.6. The maximum atomic E-state index is 13.2. The molecule has 3 atom stereocenters. The van der Waals surface area contributed by atoms with E-state index in [1.165, 1.54) is 0 Å². The van der Waals surface area contributed by atoms with Crippen LogP contribution in [0.4, 0.5) is 4.79 Å². The molecule has 0 aromatic carbocycles. The Balaban J connectivity index is 2.42. The highest BCUT2D eigenvalue weighted by Gasteiger charge is 2.57. The molecule has 27 heavy (non-hydrogen) atoms. The number of hydrogen-bond donors (Lipinski definition) is 2. The third kappa shape index (κ3) is 5.23. The maximum absolute atomic E-state index is 13.2. The fourth-order valence-corrected chi connectivity index (χ4v) is 5.05. The summed E-state index contributed by atoms with van der Waals surface area (Å²) in [5.74, 6) is 0.245. The Kier molecular flexibility index (Phi) is 6.33. The summed E-state index contributed by atoms with van der Waals surface area (Å²) in [7, 11) is -1.49. The SMILES string of the molecule is C[SiH](C)O[C@]1(C2CNC(=O)CN2)C[C@H](C(C)(C)C)CN1C(=O)OC(C)(C)C. The third-order valence-corrected chi connectivity index (χ3v) is 6.11. The number of nitrogens with zero attached hydrogens (tertiary/aromatic N) is 1. The Hall–Kier alpha value is -1.12. The summed E-state index contributed by atoms with van der Waals surface area (Å²) in [5, 5.41) is 6.24. The van der Waals surface area contributed by atoms with Crippen LogP contribution in [0.15, 0.2) is 0 Å². The van der Waals surface area contributed by atoms with Crippen molar-refractivity contribution < 1.29 is 18.8 Å². The molecular weight excluding hydrogens is 362 g/mol. The summed E-state index contributed by atoms with van der Waals surface area (Å²) >= 11 is 0. The molecule has 0 aromatic rings. The summed E-state index contributed by atoms with van der Waals surface area (Å²) in [6.07, 6.45) is 0.386. The van der Waals surface area contributed by atoms with E-state index in [-0.39, 0.29) is 35.9 Å². The van der Waals surface area contributed by atoms with E-state index < -0.39 is 20.4 Å². The van der Waals surface area contributed by atoms with Crippen LogP contribution in [0, 0.1) is 11.3 Å². The van der Waals surface area contributed by atoms with Crippen LogP contribution in [0.2, 0.25) is 13.1 Å². The zero-order chi connectivity index (χ0) is 20.6. The molecule has 2 aliphatic heterocycles. The van der Waals surface area contributed by atoms with Crippen molar-refractivity contribution >= 4 is 21.0 Å². The highest BCUT2D eigenvalue weighted by Crippen LogP contribution is 2.45. The second-order valence-electron chi connectivity index (χ2n) is 10.1. The summed E-state index contributed by atoms with van der Waals surface area (Å²) in [6.45, 7) is 17.7. The zero-order valence-electron chi connectivity index (χ0n) is 18.1. The molecular formula is C19H37N3O4Si. The van der Waals surface area contributed by atoms with Gasteiger partial charge in [0.2, 0.25) is 5.91 Å². The van der Waals surface area contributed by atoms with Crippen LogP contribution < -0.4 is 10.6 Å². The maximum Gasteiger partial charge on any atom is 0.412 e. The lowest BCUT2D eigenvalue weighted by atomic mass is 9.78. The van der Waals surface area contributed by atoms with Gasteiger partial charge < -0.3 is 14.5 Å². The van der Waals surface area contributed by atoms with Crippen LogP contribution in [-0.2, 0) is 14.0 Å². The molecule has 2 fully saturated rings. The third-order valence-electron chi connectivity index (χ3n) is 5.23. The van der Waals surface area contributed by atoms with Crippen LogP contribution in [0.5, 0.6) is 0 Å². The van der Waals surface area contributed by atoms with Gasteiger partial charge in [0.05, 0.1) is 12.6 Å². The van der Waals surface area contributed by atoms with Gasteiger partial charge >= 0.3 is 6.09 Å². The smallest absolute Gasteiger partial charge is 0.412 e. The van der Waals surface area contributed by atoms with E-state index in [9.17, 15) is 9.59 Å². The van der Waals surface area contributed by atoms with Gasteiger partial charge in [-0.25, -0.2) is 4.79 Å². The van der Waals surface area contributed by atoms with Gasteiger partial charge in [0.25, 0.3) is 0 Å². The van der Waals surface area contributed by atoms with Gasteiger partial charge in [-0.05, 0) is 45.2 Å². The molecule has 2 aliphatic rings. The normalized spacial score (nSPS) is 29.8. The average Bonchev–Trinajstić information content (AvgIpc) is 2.86. The first-order chi connectivity index (χ1) is 12.2. The number of rotatable bonds is 3. The van der Waals surface area contributed by atoms with Crippen LogP contribution in [0.3, 0.4) is 0 Å². The second kappa shape index (κ2) is 7.71. The lowest BCUT2D eigenvalue weighted by Crippen LogP contribution is -2.69. The van der Waals surface area contributed by atoms with Crippen molar-refractivity contribution in [1.82, 2.24) is 15.5 Å². The molecule has 156 valence electrons. The lowest BCUT2D eigenvalue weighted by Gasteiger charge is -2.47. The minimum atomic E-state index is -1.49. The summed E-state index contributed by atoms with van der Waals surface area (Å²) in [6, 6.07) is -0.162. The van der Waals surface area contributed by atoms with E-state index >= 15 is 0 Å². The van der Waals surface area contributed by atoms with E-state index in [0.29, 0.717) is 13.1 Å². The number of amides is 2. The highest BCUT2D eigenvalue weighted by atomic mass is 28.3. The minimum Gasteiger partial charge on any atom is -0.444 e. The Bertz CT molecular complexity index is 560. The number of ether oxygens (including phenoxy) is 1. The van der Waals surface area contributed by atoms with Gasteiger partial charge in [0.15, 0.2) is 14.8 Å². The quantitative estimate of drug-likeness (QED) is 0.710. The number of nitrogens with one attached hydrogen (secondary N) is 2. The fourth-order valence-electron chi connectivity index (χ4n) is 3.85. The van der Waals surface area contributed by atoms with Gasteiger partial charge in [-0.15, -0.1) is 0 Å². The van der Waals surface area contributed by atoms with Crippen molar-refractivity contribution in [3.05, 3.63) is 0 Å². The monoisotopic (exact) mass is 399 g/mol. The molecule has 0 radical (unpaired) electrons. The van der Waals surface area contributed by atoms with Gasteiger partial charge in [-0.1, -0.05) is 20.8 Å². The molecule has 2 rings (SSSR count). The number of hydrogen-bond acceptors (Lipinski definition) is 5. The largest absolute Gasteiger partial charge is 0.444 e. The zero-order valence-corrected chi connectivity index (χ0v) is 19.3. The highest BCUT2D eigenvalue weighted by molar-refractivity contribution is 6.48. The second-order valence-corrected chi connectivity index (χ2v) is 12.4. The topological polar surface area (TPSA) is 79.9 Å². The van der Waals surface area contributed by atoms with Crippen molar-refractivity contribution in [1.29, 1.82) is 0 Å². The van der Waals surface area contributed by atoms with Gasteiger partial charge in [0, 0.05) is 19.5 Å². The van der Waals surface area contributed by atoms with Crippen LogP contribution >= 0.6 is 0 Å². The predicted octanol–water partition coefficient (Wildman–Crippen LogP) is 2.07. The first kappa shape index (κ1) is 22.2. The van der Waals surface area contributed by atoms with Crippen molar-refractivity contribution in [3.63, 3.8) is 0 Å². The van der Waals surface area contributed by atoms with E-state index in [2.05, 4.69) is 44.5 Å². The summed E-state index contributed by atoms with van der Waals surface area (Å²) in [5.41, 5.74) is -1.34. The van der Waals surface area contributed by atoms with E-state index in [1.54, 1.807) is 4.90 Å². The molecule has 2 N–H and O–H groups in total. The summed E-state index contributed by atoms with van der Waals surface area (Å²) < 4.78 is 12.3. The van der Waals surface area contributed by atoms with Gasteiger partial charge in [0.1, 0.15) is 5.60 Å². The van der Waals surface area contributed by atoms with Crippen molar-refractivity contribution in [3.8, 4) is 0 Å². The molecule has 0 aromatic heterocycles. The number of piperazine rings is 1. The van der Waals surface area contributed by atoms with Crippen molar-refractivity contribution in [2.45, 2.75) is 78.4 Å². The number of carbonyl (C=O) groups is 2. The number of likely N-dealkylation sites (tertiary alicyclic amines) is 1. The van der Waals surface area contributed by atoms with Gasteiger partial charge in [-0.3, -0.25) is 15.0 Å². The molecule has 0 saturated carbocycles. The molecule has 0 bridgehead atoms. The van der Waals surface area contributed by atoms with E-state index in [0.717, 1.165) is 6.42 Å². The van der Waals surface area contributed by atoms with Crippen LogP contribution in [0.25, 0.3) is 0 Å². The van der Waals surface area contributed by atoms with E-state index in [4.69, 9.17) is 9.16 Å². The first-order valence-corrected chi connectivity index (χ1v) is 12.7. The molecule has 0 aliphatic carbocycles.